The summed E-state index contributed by atoms with van der Waals surface area (Å²) in [5, 5.41) is 16.3. The summed E-state index contributed by atoms with van der Waals surface area (Å²) in [6, 6.07) is 4.16. The molecule has 3 aromatic rings. The monoisotopic (exact) mass is 402 g/mol. The standard InChI is InChI=1S/C19H22N4O2S2/c1-2-7-16-14(6-1)15(22-25-16)12-27-19-21-20-18(17-8-4-10-26-17)23(19)11-13-5-3-9-24-13/h4,8,10,13H,1-3,5-7,9,11-12H2. The average Bonchev–Trinajstić information content (AvgIpc) is 3.48. The molecule has 1 fully saturated rings. The molecule has 0 aromatic carbocycles. The minimum Gasteiger partial charge on any atom is -0.376 e. The zero-order valence-corrected chi connectivity index (χ0v) is 16.7. The van der Waals surface area contributed by atoms with Crippen LogP contribution in [0.4, 0.5) is 0 Å². The number of fused-ring (bicyclic) bond motifs is 1. The summed E-state index contributed by atoms with van der Waals surface area (Å²) >= 11 is 3.39. The van der Waals surface area contributed by atoms with E-state index in [1.807, 2.05) is 0 Å². The lowest BCUT2D eigenvalue weighted by Crippen LogP contribution is -2.16. The van der Waals surface area contributed by atoms with E-state index >= 15 is 0 Å². The topological polar surface area (TPSA) is 66.0 Å². The van der Waals surface area contributed by atoms with E-state index in [2.05, 4.69) is 37.4 Å². The van der Waals surface area contributed by atoms with Crippen LogP contribution < -0.4 is 0 Å². The molecule has 1 aliphatic carbocycles. The molecule has 27 heavy (non-hydrogen) atoms. The highest BCUT2D eigenvalue weighted by atomic mass is 32.2. The highest BCUT2D eigenvalue weighted by Gasteiger charge is 2.24. The van der Waals surface area contributed by atoms with Crippen molar-refractivity contribution in [2.45, 2.75) is 62.1 Å². The molecular formula is C19H22N4O2S2. The summed E-state index contributed by atoms with van der Waals surface area (Å²) in [5.41, 5.74) is 2.39. The molecule has 0 amide bonds. The number of rotatable bonds is 6. The van der Waals surface area contributed by atoms with Gasteiger partial charge in [0.05, 0.1) is 23.2 Å². The van der Waals surface area contributed by atoms with Crippen LogP contribution in [0, 0.1) is 0 Å². The molecule has 4 heterocycles. The maximum atomic E-state index is 5.87. The minimum atomic E-state index is 0.249. The summed E-state index contributed by atoms with van der Waals surface area (Å²) in [6.07, 6.45) is 7.01. The van der Waals surface area contributed by atoms with Crippen molar-refractivity contribution in [2.75, 3.05) is 6.61 Å². The van der Waals surface area contributed by atoms with E-state index in [0.717, 1.165) is 71.9 Å². The highest BCUT2D eigenvalue weighted by Crippen LogP contribution is 2.32. The van der Waals surface area contributed by atoms with Gasteiger partial charge < -0.3 is 9.26 Å². The Balaban J connectivity index is 1.39. The molecule has 2 aliphatic rings. The third kappa shape index (κ3) is 3.58. The molecule has 0 spiro atoms. The maximum absolute atomic E-state index is 5.87. The molecule has 0 radical (unpaired) electrons. The van der Waals surface area contributed by atoms with E-state index < -0.39 is 0 Å². The first-order valence-electron chi connectivity index (χ1n) is 9.56. The Bertz CT molecular complexity index is 897. The Morgan fingerprint density at radius 1 is 1.22 bits per heavy atom. The van der Waals surface area contributed by atoms with Crippen LogP contribution in [0.1, 0.15) is 42.7 Å². The van der Waals surface area contributed by atoms with Gasteiger partial charge in [0, 0.05) is 24.3 Å². The van der Waals surface area contributed by atoms with Crippen molar-refractivity contribution in [1.29, 1.82) is 0 Å². The third-order valence-electron chi connectivity index (χ3n) is 5.24. The van der Waals surface area contributed by atoms with Gasteiger partial charge in [0.1, 0.15) is 5.76 Å². The molecule has 1 saturated heterocycles. The van der Waals surface area contributed by atoms with Crippen LogP contribution in [0.15, 0.2) is 27.2 Å². The summed E-state index contributed by atoms with van der Waals surface area (Å²) in [6.45, 7) is 1.66. The molecule has 1 unspecified atom stereocenters. The largest absolute Gasteiger partial charge is 0.376 e. The fourth-order valence-electron chi connectivity index (χ4n) is 3.84. The molecule has 1 aliphatic heterocycles. The number of aromatic nitrogens is 4. The van der Waals surface area contributed by atoms with Crippen molar-refractivity contribution in [3.05, 3.63) is 34.5 Å². The number of ether oxygens (including phenoxy) is 1. The van der Waals surface area contributed by atoms with Crippen molar-refractivity contribution in [1.82, 2.24) is 19.9 Å². The van der Waals surface area contributed by atoms with E-state index in [0.29, 0.717) is 0 Å². The van der Waals surface area contributed by atoms with Gasteiger partial charge in [0.15, 0.2) is 11.0 Å². The quantitative estimate of drug-likeness (QED) is 0.571. The smallest absolute Gasteiger partial charge is 0.191 e. The molecule has 142 valence electrons. The third-order valence-corrected chi connectivity index (χ3v) is 7.08. The first-order valence-corrected chi connectivity index (χ1v) is 11.4. The van der Waals surface area contributed by atoms with Crippen molar-refractivity contribution in [2.24, 2.45) is 0 Å². The van der Waals surface area contributed by atoms with Crippen molar-refractivity contribution in [3.63, 3.8) is 0 Å². The number of thioether (sulfide) groups is 1. The second-order valence-electron chi connectivity index (χ2n) is 7.06. The minimum absolute atomic E-state index is 0.249. The van der Waals surface area contributed by atoms with Crippen LogP contribution in [-0.2, 0) is 29.9 Å². The Morgan fingerprint density at radius 3 is 3.04 bits per heavy atom. The van der Waals surface area contributed by atoms with Gasteiger partial charge in [-0.3, -0.25) is 4.57 Å². The van der Waals surface area contributed by atoms with E-state index in [9.17, 15) is 0 Å². The van der Waals surface area contributed by atoms with Crippen LogP contribution >= 0.6 is 23.1 Å². The fraction of sp³-hybridized carbons (Fsp3) is 0.526. The molecule has 0 N–H and O–H groups in total. The summed E-state index contributed by atoms with van der Waals surface area (Å²) in [7, 11) is 0. The predicted octanol–water partition coefficient (Wildman–Crippen LogP) is 4.34. The van der Waals surface area contributed by atoms with E-state index in [1.54, 1.807) is 23.1 Å². The average molecular weight is 403 g/mol. The molecule has 5 rings (SSSR count). The summed E-state index contributed by atoms with van der Waals surface area (Å²) < 4.78 is 13.6. The van der Waals surface area contributed by atoms with Crippen LogP contribution in [0.5, 0.6) is 0 Å². The SMILES string of the molecule is c1csc(-c2nnc(SCc3noc4c3CCCC4)n2CC2CCCO2)c1. The lowest BCUT2D eigenvalue weighted by Gasteiger charge is -2.14. The Morgan fingerprint density at radius 2 is 2.19 bits per heavy atom. The van der Waals surface area contributed by atoms with Crippen LogP contribution in [0.25, 0.3) is 10.7 Å². The van der Waals surface area contributed by atoms with Gasteiger partial charge in [-0.2, -0.15) is 0 Å². The van der Waals surface area contributed by atoms with Gasteiger partial charge in [-0.15, -0.1) is 21.5 Å². The summed E-state index contributed by atoms with van der Waals surface area (Å²) in [5.74, 6) is 2.79. The highest BCUT2D eigenvalue weighted by molar-refractivity contribution is 7.98. The first kappa shape index (κ1) is 17.5. The second-order valence-corrected chi connectivity index (χ2v) is 8.95. The van der Waals surface area contributed by atoms with Crippen molar-refractivity contribution < 1.29 is 9.26 Å². The Hall–Kier alpha value is -1.64. The van der Waals surface area contributed by atoms with Crippen LogP contribution in [-0.4, -0.2) is 32.6 Å². The van der Waals surface area contributed by atoms with Crippen LogP contribution in [0.2, 0.25) is 0 Å². The molecule has 8 heteroatoms. The lowest BCUT2D eigenvalue weighted by molar-refractivity contribution is 0.0953. The van der Waals surface area contributed by atoms with Gasteiger partial charge in [-0.05, 0) is 43.6 Å². The van der Waals surface area contributed by atoms with Gasteiger partial charge in [0.25, 0.3) is 0 Å². The molecular weight excluding hydrogens is 380 g/mol. The molecule has 0 bridgehead atoms. The molecule has 6 nitrogen and oxygen atoms in total. The zero-order valence-electron chi connectivity index (χ0n) is 15.1. The lowest BCUT2D eigenvalue weighted by atomic mass is 9.97. The zero-order chi connectivity index (χ0) is 18.1. The van der Waals surface area contributed by atoms with Crippen molar-refractivity contribution in [3.8, 4) is 10.7 Å². The fourth-order valence-corrected chi connectivity index (χ4v) is 5.46. The van der Waals surface area contributed by atoms with E-state index in [-0.39, 0.29) is 6.10 Å². The van der Waals surface area contributed by atoms with Crippen molar-refractivity contribution >= 4 is 23.1 Å². The summed E-state index contributed by atoms with van der Waals surface area (Å²) in [4.78, 5) is 1.14. The van der Waals surface area contributed by atoms with Gasteiger partial charge >= 0.3 is 0 Å². The molecule has 1 atom stereocenters. The number of aryl methyl sites for hydroxylation is 1. The Labute approximate surface area is 166 Å². The van der Waals surface area contributed by atoms with Crippen LogP contribution in [0.3, 0.4) is 0 Å². The normalized spacial score (nSPS) is 19.5. The second kappa shape index (κ2) is 7.77. The van der Waals surface area contributed by atoms with E-state index in [4.69, 9.17) is 9.26 Å². The predicted molar refractivity (Wildman–Crippen MR) is 105 cm³/mol. The first-order chi connectivity index (χ1) is 13.4. The number of hydrogen-bond acceptors (Lipinski definition) is 7. The van der Waals surface area contributed by atoms with Gasteiger partial charge in [-0.25, -0.2) is 0 Å². The maximum Gasteiger partial charge on any atom is 0.191 e. The van der Waals surface area contributed by atoms with Gasteiger partial charge in [-0.1, -0.05) is 23.0 Å². The van der Waals surface area contributed by atoms with Gasteiger partial charge in [0.2, 0.25) is 0 Å². The number of nitrogens with zero attached hydrogens (tertiary/aromatic N) is 4. The number of thiophene rings is 1. The number of hydrogen-bond donors (Lipinski definition) is 0. The Kier molecular flexibility index (Phi) is 5.02. The van der Waals surface area contributed by atoms with E-state index in [1.165, 1.54) is 18.4 Å². The molecule has 3 aromatic heterocycles. The molecule has 0 saturated carbocycles.